The van der Waals surface area contributed by atoms with Crippen LogP contribution in [0.1, 0.15) is 16.8 Å². The minimum atomic E-state index is -0.601. The second-order valence-electron chi connectivity index (χ2n) is 3.62. The maximum Gasteiger partial charge on any atom is 0.299 e. The van der Waals surface area contributed by atoms with Crippen molar-refractivity contribution in [2.75, 3.05) is 11.4 Å². The number of para-hydroxylation sites is 1. The number of anilines is 1. The summed E-state index contributed by atoms with van der Waals surface area (Å²) in [6.45, 7) is 0.143. The number of rotatable bonds is 3. The van der Waals surface area contributed by atoms with Crippen LogP contribution in [0.5, 0.6) is 0 Å². The summed E-state index contributed by atoms with van der Waals surface area (Å²) in [5.41, 5.74) is 2.91. The molecule has 0 spiro atoms. The van der Waals surface area contributed by atoms with Gasteiger partial charge in [-0.1, -0.05) is 12.1 Å². The number of nitrogens with two attached hydrogens (primary N) is 1. The highest BCUT2D eigenvalue weighted by molar-refractivity contribution is 6.52. The summed E-state index contributed by atoms with van der Waals surface area (Å²) in [6, 6.07) is 6.71. The van der Waals surface area contributed by atoms with Crippen molar-refractivity contribution in [1.82, 2.24) is 5.43 Å². The minimum Gasteiger partial charge on any atom is -0.304 e. The fourth-order valence-corrected chi connectivity index (χ4v) is 1.76. The summed E-state index contributed by atoms with van der Waals surface area (Å²) in [6.07, 6.45) is 0.0594. The van der Waals surface area contributed by atoms with Crippen LogP contribution in [-0.2, 0) is 9.59 Å². The van der Waals surface area contributed by atoms with Crippen LogP contribution in [0.15, 0.2) is 24.3 Å². The largest absolute Gasteiger partial charge is 0.304 e. The molecule has 1 heterocycles. The number of Topliss-reactive ketones (excluding diaryl/α,β-unsaturated/α-hetero) is 1. The third kappa shape index (κ3) is 1.90. The van der Waals surface area contributed by atoms with Crippen LogP contribution in [0.3, 0.4) is 0 Å². The second-order valence-corrected chi connectivity index (χ2v) is 3.62. The van der Waals surface area contributed by atoms with Crippen molar-refractivity contribution in [3.05, 3.63) is 29.8 Å². The molecule has 0 saturated heterocycles. The first-order chi connectivity index (χ1) is 8.15. The molecule has 6 heteroatoms. The maximum atomic E-state index is 11.7. The van der Waals surface area contributed by atoms with Crippen LogP contribution in [0.2, 0.25) is 0 Å². The zero-order valence-corrected chi connectivity index (χ0v) is 8.97. The summed E-state index contributed by atoms with van der Waals surface area (Å²) in [7, 11) is 0. The number of benzene rings is 1. The highest BCUT2D eigenvalue weighted by Crippen LogP contribution is 2.28. The van der Waals surface area contributed by atoms with Crippen molar-refractivity contribution in [2.45, 2.75) is 6.42 Å². The van der Waals surface area contributed by atoms with E-state index in [2.05, 4.69) is 0 Å². The molecule has 1 aromatic carbocycles. The first kappa shape index (κ1) is 11.3. The molecular formula is C11H11N3O3. The van der Waals surface area contributed by atoms with Crippen LogP contribution in [0.25, 0.3) is 0 Å². The standard InChI is InChI=1S/C11H11N3O3/c12-13-9(15)5-6-14-8-4-2-1-3-7(8)10(16)11(14)17/h1-4H,5-6,12H2,(H,13,15). The van der Waals surface area contributed by atoms with Crippen LogP contribution in [0, 0.1) is 0 Å². The molecule has 0 radical (unpaired) electrons. The molecule has 6 nitrogen and oxygen atoms in total. The Labute approximate surface area is 97.4 Å². The lowest BCUT2D eigenvalue weighted by atomic mass is 10.1. The summed E-state index contributed by atoms with van der Waals surface area (Å²) < 4.78 is 0. The summed E-state index contributed by atoms with van der Waals surface area (Å²) in [5.74, 6) is 3.43. The number of fused-ring (bicyclic) bond motifs is 1. The predicted molar refractivity (Wildman–Crippen MR) is 60.1 cm³/mol. The predicted octanol–water partition coefficient (Wildman–Crippen LogP) is -0.404. The van der Waals surface area contributed by atoms with E-state index in [1.807, 2.05) is 5.43 Å². The summed E-state index contributed by atoms with van der Waals surface area (Å²) in [5, 5.41) is 0. The third-order valence-corrected chi connectivity index (χ3v) is 2.60. The summed E-state index contributed by atoms with van der Waals surface area (Å²) >= 11 is 0. The molecule has 0 bridgehead atoms. The molecule has 17 heavy (non-hydrogen) atoms. The average Bonchev–Trinajstić information content (AvgIpc) is 2.60. The molecule has 88 valence electrons. The molecule has 1 aromatic rings. The van der Waals surface area contributed by atoms with Crippen molar-refractivity contribution >= 4 is 23.3 Å². The lowest BCUT2D eigenvalue weighted by Gasteiger charge is -2.15. The van der Waals surface area contributed by atoms with Crippen LogP contribution < -0.4 is 16.2 Å². The van der Waals surface area contributed by atoms with E-state index >= 15 is 0 Å². The van der Waals surface area contributed by atoms with Crippen molar-refractivity contribution in [3.8, 4) is 0 Å². The molecule has 1 aliphatic heterocycles. The molecule has 0 aliphatic carbocycles. The highest BCUT2D eigenvalue weighted by atomic mass is 16.2. The molecular weight excluding hydrogens is 222 g/mol. The van der Waals surface area contributed by atoms with Gasteiger partial charge in [0.1, 0.15) is 0 Å². The van der Waals surface area contributed by atoms with E-state index in [0.717, 1.165) is 0 Å². The number of ketones is 1. The Balaban J connectivity index is 2.21. The first-order valence-electron chi connectivity index (χ1n) is 5.10. The van der Waals surface area contributed by atoms with E-state index in [1.165, 1.54) is 4.90 Å². The average molecular weight is 233 g/mol. The SMILES string of the molecule is NNC(=O)CCN1C(=O)C(=O)c2ccccc21. The Bertz CT molecular complexity index is 498. The Morgan fingerprint density at radius 1 is 1.29 bits per heavy atom. The van der Waals surface area contributed by atoms with Gasteiger partial charge in [-0.05, 0) is 12.1 Å². The second kappa shape index (κ2) is 4.34. The molecule has 0 saturated carbocycles. The van der Waals surface area contributed by atoms with Gasteiger partial charge in [0, 0.05) is 13.0 Å². The monoisotopic (exact) mass is 233 g/mol. The van der Waals surface area contributed by atoms with E-state index < -0.39 is 11.7 Å². The van der Waals surface area contributed by atoms with Gasteiger partial charge in [0.15, 0.2) is 0 Å². The number of carbonyl (C=O) groups excluding carboxylic acids is 3. The molecule has 2 rings (SSSR count). The third-order valence-electron chi connectivity index (χ3n) is 2.60. The van der Waals surface area contributed by atoms with Crippen molar-refractivity contribution < 1.29 is 14.4 Å². The lowest BCUT2D eigenvalue weighted by Crippen LogP contribution is -2.36. The zero-order chi connectivity index (χ0) is 12.4. The van der Waals surface area contributed by atoms with Crippen molar-refractivity contribution in [3.63, 3.8) is 0 Å². The van der Waals surface area contributed by atoms with E-state index in [9.17, 15) is 14.4 Å². The smallest absolute Gasteiger partial charge is 0.299 e. The van der Waals surface area contributed by atoms with Gasteiger partial charge in [-0.15, -0.1) is 0 Å². The maximum absolute atomic E-state index is 11.7. The normalized spacial score (nSPS) is 13.8. The van der Waals surface area contributed by atoms with E-state index in [-0.39, 0.29) is 18.9 Å². The Morgan fingerprint density at radius 3 is 2.71 bits per heavy atom. The van der Waals surface area contributed by atoms with Gasteiger partial charge in [-0.3, -0.25) is 19.8 Å². The van der Waals surface area contributed by atoms with E-state index in [4.69, 9.17) is 5.84 Å². The molecule has 0 aromatic heterocycles. The Hall–Kier alpha value is -2.21. The van der Waals surface area contributed by atoms with E-state index in [0.29, 0.717) is 11.3 Å². The number of amides is 2. The van der Waals surface area contributed by atoms with Crippen molar-refractivity contribution in [2.24, 2.45) is 5.84 Å². The quantitative estimate of drug-likeness (QED) is 0.321. The Morgan fingerprint density at radius 2 is 2.00 bits per heavy atom. The fourth-order valence-electron chi connectivity index (χ4n) is 1.76. The summed E-state index contributed by atoms with van der Waals surface area (Å²) in [4.78, 5) is 35.6. The van der Waals surface area contributed by atoms with Gasteiger partial charge in [0.2, 0.25) is 5.91 Å². The topological polar surface area (TPSA) is 92.5 Å². The number of hydrazine groups is 1. The fraction of sp³-hybridized carbons (Fsp3) is 0.182. The molecule has 0 unspecified atom stereocenters. The highest BCUT2D eigenvalue weighted by Gasteiger charge is 2.35. The van der Waals surface area contributed by atoms with Crippen LogP contribution in [-0.4, -0.2) is 24.1 Å². The van der Waals surface area contributed by atoms with Gasteiger partial charge < -0.3 is 4.90 Å². The number of nitrogens with one attached hydrogen (secondary N) is 1. The van der Waals surface area contributed by atoms with Gasteiger partial charge in [-0.25, -0.2) is 5.84 Å². The van der Waals surface area contributed by atoms with Crippen molar-refractivity contribution in [1.29, 1.82) is 0 Å². The van der Waals surface area contributed by atoms with E-state index in [1.54, 1.807) is 24.3 Å². The number of hydrogen-bond acceptors (Lipinski definition) is 4. The van der Waals surface area contributed by atoms with Crippen LogP contribution in [0.4, 0.5) is 5.69 Å². The molecule has 0 atom stereocenters. The van der Waals surface area contributed by atoms with Gasteiger partial charge in [0.05, 0.1) is 11.3 Å². The molecule has 0 fully saturated rings. The first-order valence-corrected chi connectivity index (χ1v) is 5.10. The van der Waals surface area contributed by atoms with Gasteiger partial charge >= 0.3 is 0 Å². The zero-order valence-electron chi connectivity index (χ0n) is 8.97. The number of nitrogens with zero attached hydrogens (tertiary/aromatic N) is 1. The molecule has 2 amide bonds. The van der Waals surface area contributed by atoms with Crippen LogP contribution >= 0.6 is 0 Å². The minimum absolute atomic E-state index is 0.0594. The molecule has 3 N–H and O–H groups in total. The number of hydrogen-bond donors (Lipinski definition) is 2. The van der Waals surface area contributed by atoms with Gasteiger partial charge in [0.25, 0.3) is 11.7 Å². The Kier molecular flexibility index (Phi) is 2.88. The lowest BCUT2D eigenvalue weighted by molar-refractivity contribution is -0.121. The van der Waals surface area contributed by atoms with Gasteiger partial charge in [-0.2, -0.15) is 0 Å². The number of carbonyl (C=O) groups is 3. The molecule has 1 aliphatic rings.